The number of methoxy groups -OCH3 is 2. The third-order valence-corrected chi connectivity index (χ3v) is 4.91. The second-order valence-corrected chi connectivity index (χ2v) is 5.87. The predicted octanol–water partition coefficient (Wildman–Crippen LogP) is 1.01. The van der Waals surface area contributed by atoms with Gasteiger partial charge < -0.3 is 14.2 Å². The first-order chi connectivity index (χ1) is 10.5. The van der Waals surface area contributed by atoms with Gasteiger partial charge in [-0.15, -0.1) is 0 Å². The van der Waals surface area contributed by atoms with E-state index in [4.69, 9.17) is 14.2 Å². The summed E-state index contributed by atoms with van der Waals surface area (Å²) >= 11 is 0. The molecule has 0 saturated heterocycles. The highest BCUT2D eigenvalue weighted by molar-refractivity contribution is 6.02. The topological polar surface area (TPSA) is 78.9 Å². The van der Waals surface area contributed by atoms with Crippen molar-refractivity contribution in [2.45, 2.75) is 19.4 Å². The maximum absolute atomic E-state index is 12.2. The molecule has 0 spiro atoms. The van der Waals surface area contributed by atoms with E-state index in [0.29, 0.717) is 17.6 Å². The number of esters is 3. The Balaban J connectivity index is 2.00. The lowest BCUT2D eigenvalue weighted by Gasteiger charge is -2.55. The Kier molecular flexibility index (Phi) is 3.54. The molecule has 2 bridgehead atoms. The number of carbonyl (C=O) groups excluding carboxylic acids is 3. The average Bonchev–Trinajstić information content (AvgIpc) is 2.49. The van der Waals surface area contributed by atoms with Crippen molar-refractivity contribution >= 4 is 17.9 Å². The molecule has 0 aromatic rings. The highest BCUT2D eigenvalue weighted by atomic mass is 16.5. The molecule has 1 fully saturated rings. The molecular formula is C16H18O6. The Hall–Kier alpha value is -2.11. The third kappa shape index (κ3) is 1.97. The average molecular weight is 306 g/mol. The Morgan fingerprint density at radius 3 is 2.09 bits per heavy atom. The molecule has 22 heavy (non-hydrogen) atoms. The molecule has 1 saturated carbocycles. The van der Waals surface area contributed by atoms with Crippen molar-refractivity contribution in [1.29, 1.82) is 0 Å². The van der Waals surface area contributed by atoms with Crippen LogP contribution in [0.3, 0.4) is 0 Å². The van der Waals surface area contributed by atoms with Gasteiger partial charge >= 0.3 is 17.9 Å². The van der Waals surface area contributed by atoms with Crippen molar-refractivity contribution in [1.82, 2.24) is 0 Å². The molecule has 0 amide bonds. The van der Waals surface area contributed by atoms with E-state index in [1.807, 2.05) is 12.2 Å². The van der Waals surface area contributed by atoms with Crippen LogP contribution in [0.1, 0.15) is 13.3 Å². The molecule has 4 aliphatic rings. The van der Waals surface area contributed by atoms with Gasteiger partial charge in [-0.25, -0.2) is 9.59 Å². The van der Waals surface area contributed by atoms with Crippen LogP contribution < -0.4 is 0 Å². The Bertz CT molecular complexity index is 602. The van der Waals surface area contributed by atoms with E-state index in [2.05, 4.69) is 0 Å². The van der Waals surface area contributed by atoms with Gasteiger partial charge in [-0.2, -0.15) is 0 Å². The van der Waals surface area contributed by atoms with E-state index in [-0.39, 0.29) is 35.7 Å². The summed E-state index contributed by atoms with van der Waals surface area (Å²) in [6, 6.07) is 0. The van der Waals surface area contributed by atoms with Crippen LogP contribution in [-0.2, 0) is 28.6 Å². The highest BCUT2D eigenvalue weighted by Crippen LogP contribution is 2.58. The van der Waals surface area contributed by atoms with E-state index >= 15 is 0 Å². The Labute approximate surface area is 128 Å². The minimum atomic E-state index is -0.522. The number of carbonyl (C=O) groups is 3. The van der Waals surface area contributed by atoms with E-state index in [1.54, 1.807) is 0 Å². The van der Waals surface area contributed by atoms with Gasteiger partial charge in [-0.3, -0.25) is 4.79 Å². The molecule has 0 N–H and O–H groups in total. The SMILES string of the molecule is COC(=O)C1=C(C(=O)OC)[C@H]2C=C[C@H]1[C@@H]1C[C@@H](OC(C)=O)[C@H]12. The van der Waals surface area contributed by atoms with E-state index < -0.39 is 11.9 Å². The fourth-order valence-corrected chi connectivity index (χ4v) is 4.07. The van der Waals surface area contributed by atoms with Gasteiger partial charge in [0.25, 0.3) is 0 Å². The second-order valence-electron chi connectivity index (χ2n) is 5.87. The molecule has 0 unspecified atom stereocenters. The van der Waals surface area contributed by atoms with Gasteiger partial charge in [0.15, 0.2) is 0 Å². The molecule has 6 heteroatoms. The first-order valence-corrected chi connectivity index (χ1v) is 7.25. The summed E-state index contributed by atoms with van der Waals surface area (Å²) in [5.74, 6) is -1.56. The zero-order chi connectivity index (χ0) is 16.0. The smallest absolute Gasteiger partial charge is 0.334 e. The normalized spacial score (nSPS) is 34.6. The van der Waals surface area contributed by atoms with Crippen LogP contribution in [0.4, 0.5) is 0 Å². The van der Waals surface area contributed by atoms with Crippen LogP contribution in [0, 0.1) is 23.7 Å². The molecule has 0 heterocycles. The van der Waals surface area contributed by atoms with Crippen LogP contribution in [0.25, 0.3) is 0 Å². The first-order valence-electron chi connectivity index (χ1n) is 7.25. The fraction of sp³-hybridized carbons (Fsp3) is 0.562. The van der Waals surface area contributed by atoms with Gasteiger partial charge in [0, 0.05) is 24.7 Å². The molecule has 4 rings (SSSR count). The second kappa shape index (κ2) is 5.26. The highest BCUT2D eigenvalue weighted by Gasteiger charge is 2.59. The molecule has 5 atom stereocenters. The van der Waals surface area contributed by atoms with E-state index in [0.717, 1.165) is 0 Å². The number of hydrogen-bond donors (Lipinski definition) is 0. The minimum absolute atomic E-state index is 0.0291. The van der Waals surface area contributed by atoms with Crippen LogP contribution in [0.2, 0.25) is 0 Å². The third-order valence-electron chi connectivity index (χ3n) is 4.91. The van der Waals surface area contributed by atoms with Crippen molar-refractivity contribution < 1.29 is 28.6 Å². The number of allylic oxidation sites excluding steroid dienone is 2. The van der Waals surface area contributed by atoms with E-state index in [9.17, 15) is 14.4 Å². The lowest BCUT2D eigenvalue weighted by atomic mass is 9.50. The van der Waals surface area contributed by atoms with Gasteiger partial charge in [-0.1, -0.05) is 12.2 Å². The van der Waals surface area contributed by atoms with Crippen LogP contribution in [-0.4, -0.2) is 38.2 Å². The molecule has 4 aliphatic carbocycles. The predicted molar refractivity (Wildman–Crippen MR) is 74.3 cm³/mol. The van der Waals surface area contributed by atoms with Gasteiger partial charge in [0.05, 0.1) is 25.4 Å². The maximum Gasteiger partial charge on any atom is 0.334 e. The maximum atomic E-state index is 12.2. The Morgan fingerprint density at radius 1 is 1.00 bits per heavy atom. The van der Waals surface area contributed by atoms with Gasteiger partial charge in [0.2, 0.25) is 0 Å². The van der Waals surface area contributed by atoms with Gasteiger partial charge in [0.1, 0.15) is 6.10 Å². The molecule has 0 radical (unpaired) electrons. The van der Waals surface area contributed by atoms with Gasteiger partial charge in [-0.05, 0) is 12.3 Å². The van der Waals surface area contributed by atoms with Crippen LogP contribution >= 0.6 is 0 Å². The quantitative estimate of drug-likeness (QED) is 0.440. The fourth-order valence-electron chi connectivity index (χ4n) is 4.07. The largest absolute Gasteiger partial charge is 0.466 e. The summed E-state index contributed by atoms with van der Waals surface area (Å²) in [5, 5.41) is 0. The standard InChI is InChI=1S/C16H18O6/c1-7(17)22-11-6-10-8-4-5-9(12(10)11)14(16(19)21-3)13(8)15(18)20-2/h4-5,8-12H,6H2,1-3H3/t8-,9-,10-,11+,12-/m0/s1. The summed E-state index contributed by atoms with van der Waals surface area (Å²) < 4.78 is 15.0. The number of hydrogen-bond acceptors (Lipinski definition) is 6. The molecular weight excluding hydrogens is 288 g/mol. The molecule has 118 valence electrons. The summed E-state index contributed by atoms with van der Waals surface area (Å²) in [7, 11) is 2.59. The summed E-state index contributed by atoms with van der Waals surface area (Å²) in [6.07, 6.45) is 4.36. The lowest BCUT2D eigenvalue weighted by molar-refractivity contribution is -0.168. The molecule has 0 aromatic carbocycles. The van der Waals surface area contributed by atoms with Crippen molar-refractivity contribution in [2.24, 2.45) is 23.7 Å². The monoisotopic (exact) mass is 306 g/mol. The van der Waals surface area contributed by atoms with Crippen LogP contribution in [0.15, 0.2) is 23.3 Å². The first kappa shape index (κ1) is 14.8. The van der Waals surface area contributed by atoms with Crippen LogP contribution in [0.5, 0.6) is 0 Å². The Morgan fingerprint density at radius 2 is 1.55 bits per heavy atom. The lowest BCUT2D eigenvalue weighted by Crippen LogP contribution is -2.57. The van der Waals surface area contributed by atoms with Crippen molar-refractivity contribution in [3.05, 3.63) is 23.3 Å². The number of ether oxygens (including phenoxy) is 3. The summed E-state index contributed by atoms with van der Waals surface area (Å²) in [6.45, 7) is 1.38. The molecule has 0 aliphatic heterocycles. The summed E-state index contributed by atoms with van der Waals surface area (Å²) in [4.78, 5) is 35.5. The summed E-state index contributed by atoms with van der Waals surface area (Å²) in [5.41, 5.74) is 0.740. The van der Waals surface area contributed by atoms with E-state index in [1.165, 1.54) is 21.1 Å². The van der Waals surface area contributed by atoms with Crippen molar-refractivity contribution in [3.8, 4) is 0 Å². The number of rotatable bonds is 3. The zero-order valence-electron chi connectivity index (χ0n) is 12.7. The minimum Gasteiger partial charge on any atom is -0.466 e. The van der Waals surface area contributed by atoms with Crippen molar-refractivity contribution in [2.75, 3.05) is 14.2 Å². The zero-order valence-corrected chi connectivity index (χ0v) is 12.7. The van der Waals surface area contributed by atoms with Crippen molar-refractivity contribution in [3.63, 3.8) is 0 Å². The molecule has 0 aromatic heterocycles. The molecule has 6 nitrogen and oxygen atoms in total.